The van der Waals surface area contributed by atoms with Gasteiger partial charge in [0.05, 0.1) is 0 Å². The lowest BCUT2D eigenvalue weighted by Gasteiger charge is -2.30. The second kappa shape index (κ2) is 4.09. The van der Waals surface area contributed by atoms with E-state index >= 15 is 0 Å². The van der Waals surface area contributed by atoms with Gasteiger partial charge in [0.1, 0.15) is 0 Å². The highest BCUT2D eigenvalue weighted by Crippen LogP contribution is 2.39. The van der Waals surface area contributed by atoms with Crippen LogP contribution in [0.3, 0.4) is 0 Å². The van der Waals surface area contributed by atoms with Crippen LogP contribution in [0.2, 0.25) is 0 Å². The molecule has 2 aliphatic rings. The maximum absolute atomic E-state index is 11.8. The Bertz CT molecular complexity index is 489. The van der Waals surface area contributed by atoms with E-state index in [-0.39, 0.29) is 11.4 Å². The van der Waals surface area contributed by atoms with Crippen LogP contribution in [0.25, 0.3) is 0 Å². The minimum Gasteiger partial charge on any atom is -0.321 e. The molecule has 1 saturated carbocycles. The van der Waals surface area contributed by atoms with E-state index in [0.29, 0.717) is 6.42 Å². The van der Waals surface area contributed by atoms with Crippen molar-refractivity contribution >= 4 is 11.6 Å². The number of nitrogens with zero attached hydrogens (tertiary/aromatic N) is 1. The quantitative estimate of drug-likeness (QED) is 0.824. The van der Waals surface area contributed by atoms with Crippen LogP contribution in [0.4, 0.5) is 5.69 Å². The molecule has 2 N–H and O–H groups in total. The Morgan fingerprint density at radius 3 is 2.67 bits per heavy atom. The third-order valence-corrected chi connectivity index (χ3v) is 4.50. The first kappa shape index (κ1) is 11.7. The molecule has 1 aliphatic heterocycles. The second-order valence-electron chi connectivity index (χ2n) is 5.66. The van der Waals surface area contributed by atoms with Crippen molar-refractivity contribution in [2.45, 2.75) is 44.1 Å². The van der Waals surface area contributed by atoms with E-state index in [0.717, 1.165) is 24.9 Å². The first-order valence-corrected chi connectivity index (χ1v) is 6.79. The highest BCUT2D eigenvalue weighted by Gasteiger charge is 2.32. The normalized spacial score (nSPS) is 22.1. The molecule has 1 fully saturated rings. The molecule has 0 bridgehead atoms. The summed E-state index contributed by atoms with van der Waals surface area (Å²) in [4.78, 5) is 13.5. The van der Waals surface area contributed by atoms with Crippen molar-refractivity contribution < 1.29 is 4.79 Å². The standard InChI is InChI=1S/C15H20N2O/c1-17-13-10-12(15(16)8-2-3-9-15)6-4-11(13)5-7-14(17)18/h4,6,10H,2-3,5,7-9,16H2,1H3. The number of hydrogen-bond donors (Lipinski definition) is 1. The number of hydrogen-bond acceptors (Lipinski definition) is 2. The summed E-state index contributed by atoms with van der Waals surface area (Å²) in [5.41, 5.74) is 9.84. The Balaban J connectivity index is 2.02. The molecule has 0 radical (unpaired) electrons. The SMILES string of the molecule is CN1C(=O)CCc2ccc(C3(N)CCCC3)cc21. The van der Waals surface area contributed by atoms with Crippen LogP contribution in [0, 0.1) is 0 Å². The van der Waals surface area contributed by atoms with Crippen molar-refractivity contribution in [1.29, 1.82) is 0 Å². The summed E-state index contributed by atoms with van der Waals surface area (Å²) in [5, 5.41) is 0. The van der Waals surface area contributed by atoms with Crippen LogP contribution in [-0.4, -0.2) is 13.0 Å². The molecule has 0 unspecified atom stereocenters. The lowest BCUT2D eigenvalue weighted by atomic mass is 9.87. The van der Waals surface area contributed by atoms with E-state index < -0.39 is 0 Å². The Hall–Kier alpha value is -1.35. The van der Waals surface area contributed by atoms with Gasteiger partial charge < -0.3 is 10.6 Å². The van der Waals surface area contributed by atoms with Crippen molar-refractivity contribution in [2.75, 3.05) is 11.9 Å². The van der Waals surface area contributed by atoms with Crippen molar-refractivity contribution in [3.05, 3.63) is 29.3 Å². The third-order valence-electron chi connectivity index (χ3n) is 4.50. The second-order valence-corrected chi connectivity index (χ2v) is 5.66. The molecule has 0 aromatic heterocycles. The number of rotatable bonds is 1. The van der Waals surface area contributed by atoms with Gasteiger partial charge in [0, 0.05) is 24.7 Å². The fraction of sp³-hybridized carbons (Fsp3) is 0.533. The molecule has 0 saturated heterocycles. The molecule has 1 heterocycles. The monoisotopic (exact) mass is 244 g/mol. The van der Waals surface area contributed by atoms with Gasteiger partial charge in [-0.15, -0.1) is 0 Å². The van der Waals surface area contributed by atoms with Gasteiger partial charge in [0.15, 0.2) is 0 Å². The fourth-order valence-electron chi connectivity index (χ4n) is 3.24. The highest BCUT2D eigenvalue weighted by atomic mass is 16.2. The maximum Gasteiger partial charge on any atom is 0.227 e. The van der Waals surface area contributed by atoms with E-state index in [1.165, 1.54) is 24.0 Å². The summed E-state index contributed by atoms with van der Waals surface area (Å²) in [6, 6.07) is 6.45. The predicted molar refractivity (Wildman–Crippen MR) is 72.5 cm³/mol. The Labute approximate surface area is 108 Å². The van der Waals surface area contributed by atoms with E-state index in [2.05, 4.69) is 18.2 Å². The molecular weight excluding hydrogens is 224 g/mol. The Morgan fingerprint density at radius 1 is 1.22 bits per heavy atom. The number of nitrogens with two attached hydrogens (primary N) is 1. The zero-order chi connectivity index (χ0) is 12.8. The molecule has 1 aliphatic carbocycles. The lowest BCUT2D eigenvalue weighted by Crippen LogP contribution is -2.35. The van der Waals surface area contributed by atoms with E-state index in [4.69, 9.17) is 5.73 Å². The summed E-state index contributed by atoms with van der Waals surface area (Å²) in [6.07, 6.45) is 6.02. The summed E-state index contributed by atoms with van der Waals surface area (Å²) >= 11 is 0. The fourth-order valence-corrected chi connectivity index (χ4v) is 3.24. The summed E-state index contributed by atoms with van der Waals surface area (Å²) in [6.45, 7) is 0. The van der Waals surface area contributed by atoms with Crippen molar-refractivity contribution in [1.82, 2.24) is 0 Å². The first-order chi connectivity index (χ1) is 8.60. The number of carbonyl (C=O) groups excluding carboxylic acids is 1. The molecule has 0 atom stereocenters. The molecule has 3 nitrogen and oxygen atoms in total. The first-order valence-electron chi connectivity index (χ1n) is 6.79. The Morgan fingerprint density at radius 2 is 1.94 bits per heavy atom. The van der Waals surface area contributed by atoms with Gasteiger partial charge in [0.25, 0.3) is 0 Å². The zero-order valence-electron chi connectivity index (χ0n) is 10.9. The molecule has 96 valence electrons. The van der Waals surface area contributed by atoms with Crippen LogP contribution in [0.1, 0.15) is 43.2 Å². The van der Waals surface area contributed by atoms with Gasteiger partial charge in [-0.25, -0.2) is 0 Å². The molecule has 3 heteroatoms. The summed E-state index contributed by atoms with van der Waals surface area (Å²) < 4.78 is 0. The topological polar surface area (TPSA) is 46.3 Å². The van der Waals surface area contributed by atoms with Gasteiger partial charge in [-0.05, 0) is 36.5 Å². The summed E-state index contributed by atoms with van der Waals surface area (Å²) in [5.74, 6) is 0.206. The van der Waals surface area contributed by atoms with Crippen LogP contribution >= 0.6 is 0 Å². The van der Waals surface area contributed by atoms with Crippen LogP contribution < -0.4 is 10.6 Å². The molecule has 1 aromatic rings. The highest BCUT2D eigenvalue weighted by molar-refractivity contribution is 5.96. The Kier molecular flexibility index (Phi) is 2.67. The van der Waals surface area contributed by atoms with Gasteiger partial charge in [-0.2, -0.15) is 0 Å². The predicted octanol–water partition coefficient (Wildman–Crippen LogP) is 2.32. The van der Waals surface area contributed by atoms with E-state index in [9.17, 15) is 4.79 Å². The van der Waals surface area contributed by atoms with Crippen LogP contribution in [0.5, 0.6) is 0 Å². The van der Waals surface area contributed by atoms with Crippen molar-refractivity contribution in [3.63, 3.8) is 0 Å². The summed E-state index contributed by atoms with van der Waals surface area (Å²) in [7, 11) is 1.86. The smallest absolute Gasteiger partial charge is 0.227 e. The molecule has 1 aromatic carbocycles. The van der Waals surface area contributed by atoms with Gasteiger partial charge in [0.2, 0.25) is 5.91 Å². The average Bonchev–Trinajstić information content (AvgIpc) is 2.82. The number of anilines is 1. The van der Waals surface area contributed by atoms with E-state index in [1.807, 2.05) is 7.05 Å². The number of carbonyl (C=O) groups is 1. The molecule has 0 spiro atoms. The minimum atomic E-state index is -0.170. The molecule has 18 heavy (non-hydrogen) atoms. The zero-order valence-corrected chi connectivity index (χ0v) is 10.9. The average molecular weight is 244 g/mol. The maximum atomic E-state index is 11.8. The molecule has 1 amide bonds. The van der Waals surface area contributed by atoms with Crippen molar-refractivity contribution in [2.24, 2.45) is 5.73 Å². The van der Waals surface area contributed by atoms with Crippen LogP contribution in [0.15, 0.2) is 18.2 Å². The lowest BCUT2D eigenvalue weighted by molar-refractivity contribution is -0.118. The van der Waals surface area contributed by atoms with Crippen molar-refractivity contribution in [3.8, 4) is 0 Å². The minimum absolute atomic E-state index is 0.170. The van der Waals surface area contributed by atoms with Gasteiger partial charge in [-0.3, -0.25) is 4.79 Å². The van der Waals surface area contributed by atoms with Gasteiger partial charge >= 0.3 is 0 Å². The van der Waals surface area contributed by atoms with Crippen LogP contribution in [-0.2, 0) is 16.8 Å². The largest absolute Gasteiger partial charge is 0.321 e. The number of amides is 1. The number of benzene rings is 1. The number of aryl methyl sites for hydroxylation is 1. The van der Waals surface area contributed by atoms with E-state index in [1.54, 1.807) is 4.90 Å². The van der Waals surface area contributed by atoms with Gasteiger partial charge in [-0.1, -0.05) is 25.0 Å². The number of fused-ring (bicyclic) bond motifs is 1. The molecule has 3 rings (SSSR count). The third kappa shape index (κ3) is 1.74. The molecular formula is C15H20N2O.